The summed E-state index contributed by atoms with van der Waals surface area (Å²) >= 11 is 2.20. The molecule has 0 atom stereocenters. The van der Waals surface area contributed by atoms with E-state index in [9.17, 15) is 9.59 Å². The van der Waals surface area contributed by atoms with Crippen molar-refractivity contribution in [1.29, 1.82) is 0 Å². The van der Waals surface area contributed by atoms with Gasteiger partial charge >= 0.3 is 0 Å². The highest BCUT2D eigenvalue weighted by Crippen LogP contribution is 2.15. The van der Waals surface area contributed by atoms with Crippen molar-refractivity contribution in [2.24, 2.45) is 5.10 Å². The predicted octanol–water partition coefficient (Wildman–Crippen LogP) is 3.50. The first kappa shape index (κ1) is 19.9. The van der Waals surface area contributed by atoms with E-state index in [4.69, 9.17) is 4.74 Å². The van der Waals surface area contributed by atoms with E-state index in [1.54, 1.807) is 13.0 Å². The summed E-state index contributed by atoms with van der Waals surface area (Å²) in [7, 11) is 0. The van der Waals surface area contributed by atoms with Crippen LogP contribution in [-0.4, -0.2) is 24.1 Å². The second kappa shape index (κ2) is 9.91. The zero-order valence-corrected chi connectivity index (χ0v) is 16.7. The Morgan fingerprint density at radius 1 is 1.08 bits per heavy atom. The first-order valence-electron chi connectivity index (χ1n) is 8.00. The van der Waals surface area contributed by atoms with Gasteiger partial charge in [-0.25, -0.2) is 5.43 Å². The third-order valence-electron chi connectivity index (χ3n) is 3.37. The maximum absolute atomic E-state index is 12.0. The number of anilines is 1. The summed E-state index contributed by atoms with van der Waals surface area (Å²) in [6, 6.07) is 14.9. The van der Waals surface area contributed by atoms with E-state index in [1.165, 1.54) is 0 Å². The second-order valence-corrected chi connectivity index (χ2v) is 6.91. The van der Waals surface area contributed by atoms with Crippen LogP contribution in [0, 0.1) is 10.5 Å². The van der Waals surface area contributed by atoms with Crippen molar-refractivity contribution in [3.63, 3.8) is 0 Å². The minimum atomic E-state index is -0.384. The Labute approximate surface area is 166 Å². The number of carbonyl (C=O) groups excluding carboxylic acids is 2. The van der Waals surface area contributed by atoms with Crippen LogP contribution < -0.4 is 15.5 Å². The largest absolute Gasteiger partial charge is 0.483 e. The van der Waals surface area contributed by atoms with E-state index in [1.807, 2.05) is 49.4 Å². The van der Waals surface area contributed by atoms with Crippen LogP contribution in [0.3, 0.4) is 0 Å². The topological polar surface area (TPSA) is 79.8 Å². The fourth-order valence-electron chi connectivity index (χ4n) is 2.06. The summed E-state index contributed by atoms with van der Waals surface area (Å²) < 4.78 is 6.53. The van der Waals surface area contributed by atoms with Gasteiger partial charge in [0.25, 0.3) is 5.91 Å². The molecule has 2 N–H and O–H groups in total. The summed E-state index contributed by atoms with van der Waals surface area (Å²) in [5.41, 5.74) is 4.56. The number of hydrogen-bond acceptors (Lipinski definition) is 4. The molecule has 26 heavy (non-hydrogen) atoms. The molecule has 2 amide bonds. The SMILES string of the molecule is C/C(CC(=O)Nc1ccc(I)cc1)=N\NC(=O)COc1ccccc1C. The second-order valence-electron chi connectivity index (χ2n) is 5.67. The maximum Gasteiger partial charge on any atom is 0.277 e. The van der Waals surface area contributed by atoms with Crippen LogP contribution in [0.4, 0.5) is 5.69 Å². The first-order chi connectivity index (χ1) is 12.4. The third kappa shape index (κ3) is 6.83. The lowest BCUT2D eigenvalue weighted by Crippen LogP contribution is -2.26. The summed E-state index contributed by atoms with van der Waals surface area (Å²) in [5, 5.41) is 6.71. The third-order valence-corrected chi connectivity index (χ3v) is 4.09. The average Bonchev–Trinajstić information content (AvgIpc) is 2.61. The van der Waals surface area contributed by atoms with Gasteiger partial charge in [0.1, 0.15) is 5.75 Å². The maximum atomic E-state index is 12.0. The van der Waals surface area contributed by atoms with Crippen molar-refractivity contribution in [1.82, 2.24) is 5.43 Å². The number of nitrogens with zero attached hydrogens (tertiary/aromatic N) is 1. The van der Waals surface area contributed by atoms with Gasteiger partial charge in [0.2, 0.25) is 5.91 Å². The lowest BCUT2D eigenvalue weighted by atomic mass is 10.2. The monoisotopic (exact) mass is 465 g/mol. The lowest BCUT2D eigenvalue weighted by Gasteiger charge is -2.08. The van der Waals surface area contributed by atoms with Gasteiger partial charge in [0.15, 0.2) is 6.61 Å². The number of halogens is 1. The van der Waals surface area contributed by atoms with Gasteiger partial charge in [-0.15, -0.1) is 0 Å². The molecule has 0 fully saturated rings. The molecule has 0 heterocycles. The van der Waals surface area contributed by atoms with Gasteiger partial charge in [-0.2, -0.15) is 5.10 Å². The Hall–Kier alpha value is -2.42. The summed E-state index contributed by atoms with van der Waals surface area (Å²) in [4.78, 5) is 23.8. The molecule has 2 aromatic rings. The molecular formula is C19H20IN3O3. The van der Waals surface area contributed by atoms with Crippen molar-refractivity contribution < 1.29 is 14.3 Å². The van der Waals surface area contributed by atoms with E-state index in [2.05, 4.69) is 38.4 Å². The van der Waals surface area contributed by atoms with Crippen LogP contribution in [0.2, 0.25) is 0 Å². The van der Waals surface area contributed by atoms with Crippen molar-refractivity contribution in [3.8, 4) is 5.75 Å². The number of nitrogens with one attached hydrogen (secondary N) is 2. The number of carbonyl (C=O) groups is 2. The number of amides is 2. The molecule has 7 heteroatoms. The van der Waals surface area contributed by atoms with Crippen molar-refractivity contribution in [2.45, 2.75) is 20.3 Å². The molecule has 0 aliphatic rings. The van der Waals surface area contributed by atoms with Crippen molar-refractivity contribution in [3.05, 3.63) is 57.7 Å². The smallest absolute Gasteiger partial charge is 0.277 e. The molecule has 0 aliphatic heterocycles. The molecular weight excluding hydrogens is 445 g/mol. The summed E-state index contributed by atoms with van der Waals surface area (Å²) in [6.45, 7) is 3.44. The first-order valence-corrected chi connectivity index (χ1v) is 9.08. The van der Waals surface area contributed by atoms with Gasteiger partial charge in [-0.05, 0) is 72.3 Å². The molecule has 136 valence electrons. The van der Waals surface area contributed by atoms with Gasteiger partial charge in [0, 0.05) is 15.0 Å². The standard InChI is InChI=1S/C19H20IN3O3/c1-13-5-3-4-6-17(13)26-12-19(25)23-22-14(2)11-18(24)21-16-9-7-15(20)8-10-16/h3-10H,11-12H2,1-2H3,(H,21,24)(H,23,25)/b22-14+. The van der Waals surface area contributed by atoms with Crippen LogP contribution in [0.5, 0.6) is 5.75 Å². The molecule has 0 aliphatic carbocycles. The highest BCUT2D eigenvalue weighted by atomic mass is 127. The molecule has 0 saturated carbocycles. The number of benzene rings is 2. The van der Waals surface area contributed by atoms with Crippen LogP contribution in [0.1, 0.15) is 18.9 Å². The number of para-hydroxylation sites is 1. The molecule has 0 unspecified atom stereocenters. The molecule has 6 nitrogen and oxygen atoms in total. The van der Waals surface area contributed by atoms with E-state index < -0.39 is 0 Å². The Kier molecular flexibility index (Phi) is 7.58. The van der Waals surface area contributed by atoms with E-state index in [-0.39, 0.29) is 24.8 Å². The van der Waals surface area contributed by atoms with Gasteiger partial charge in [-0.3, -0.25) is 9.59 Å². The Morgan fingerprint density at radius 2 is 1.77 bits per heavy atom. The quantitative estimate of drug-likeness (QED) is 0.373. The zero-order chi connectivity index (χ0) is 18.9. The van der Waals surface area contributed by atoms with Crippen LogP contribution in [-0.2, 0) is 9.59 Å². The number of hydrogen-bond donors (Lipinski definition) is 2. The molecule has 0 spiro atoms. The highest BCUT2D eigenvalue weighted by Gasteiger charge is 2.07. The molecule has 2 aromatic carbocycles. The van der Waals surface area contributed by atoms with Gasteiger partial charge in [-0.1, -0.05) is 18.2 Å². The van der Waals surface area contributed by atoms with E-state index in [0.717, 1.165) is 14.8 Å². The minimum Gasteiger partial charge on any atom is -0.483 e. The number of aryl methyl sites for hydroxylation is 1. The molecule has 0 saturated heterocycles. The Bertz CT molecular complexity index is 804. The van der Waals surface area contributed by atoms with E-state index >= 15 is 0 Å². The number of rotatable bonds is 7. The Balaban J connectivity index is 1.76. The van der Waals surface area contributed by atoms with Crippen LogP contribution in [0.25, 0.3) is 0 Å². The summed E-state index contributed by atoms with van der Waals surface area (Å²) in [6.07, 6.45) is 0.0882. The fraction of sp³-hybridized carbons (Fsp3) is 0.211. The van der Waals surface area contributed by atoms with Gasteiger partial charge in [0.05, 0.1) is 6.42 Å². The highest BCUT2D eigenvalue weighted by molar-refractivity contribution is 14.1. The normalized spacial score (nSPS) is 11.0. The van der Waals surface area contributed by atoms with Crippen molar-refractivity contribution in [2.75, 3.05) is 11.9 Å². The van der Waals surface area contributed by atoms with Crippen molar-refractivity contribution >= 4 is 45.8 Å². The minimum absolute atomic E-state index is 0.0882. The van der Waals surface area contributed by atoms with Crippen LogP contribution in [0.15, 0.2) is 53.6 Å². The zero-order valence-electron chi connectivity index (χ0n) is 14.6. The number of ether oxygens (including phenoxy) is 1. The van der Waals surface area contributed by atoms with Crippen LogP contribution >= 0.6 is 22.6 Å². The van der Waals surface area contributed by atoms with Gasteiger partial charge < -0.3 is 10.1 Å². The number of hydrazone groups is 1. The molecule has 0 aromatic heterocycles. The lowest BCUT2D eigenvalue weighted by molar-refractivity contribution is -0.123. The Morgan fingerprint density at radius 3 is 2.46 bits per heavy atom. The fourth-order valence-corrected chi connectivity index (χ4v) is 2.42. The summed E-state index contributed by atoms with van der Waals surface area (Å²) in [5.74, 6) is 0.0729. The molecule has 0 radical (unpaired) electrons. The molecule has 2 rings (SSSR count). The average molecular weight is 465 g/mol. The van der Waals surface area contributed by atoms with E-state index in [0.29, 0.717) is 11.5 Å². The molecule has 0 bridgehead atoms. The predicted molar refractivity (Wildman–Crippen MR) is 110 cm³/mol.